The minimum Gasteiger partial charge on any atom is -0.360 e. The molecule has 138 valence electrons. The highest BCUT2D eigenvalue weighted by Crippen LogP contribution is 2.18. The second kappa shape index (κ2) is 7.45. The lowest BCUT2D eigenvalue weighted by atomic mass is 10.2. The Labute approximate surface area is 156 Å². The van der Waals surface area contributed by atoms with E-state index in [4.69, 9.17) is 4.52 Å². The molecule has 0 saturated carbocycles. The summed E-state index contributed by atoms with van der Waals surface area (Å²) >= 11 is 0. The lowest BCUT2D eigenvalue weighted by Gasteiger charge is -2.36. The topological polar surface area (TPSA) is 87.4 Å². The molecule has 1 amide bonds. The molecule has 0 bridgehead atoms. The first kappa shape index (κ1) is 17.0. The molecule has 0 radical (unpaired) electrons. The highest BCUT2D eigenvalue weighted by Gasteiger charge is 2.19. The van der Waals surface area contributed by atoms with Gasteiger partial charge in [-0.05, 0) is 31.2 Å². The van der Waals surface area contributed by atoms with Crippen LogP contribution in [0.25, 0.3) is 0 Å². The second-order valence-electron chi connectivity index (χ2n) is 6.34. The number of rotatable bonds is 4. The smallest absolute Gasteiger partial charge is 0.258 e. The Morgan fingerprint density at radius 3 is 2.33 bits per heavy atom. The summed E-state index contributed by atoms with van der Waals surface area (Å²) in [7, 11) is 0. The maximum absolute atomic E-state index is 12.3. The maximum Gasteiger partial charge on any atom is 0.258 e. The van der Waals surface area contributed by atoms with Gasteiger partial charge in [0.05, 0.1) is 5.56 Å². The third-order valence-corrected chi connectivity index (χ3v) is 4.46. The summed E-state index contributed by atoms with van der Waals surface area (Å²) in [6, 6.07) is 11.3. The van der Waals surface area contributed by atoms with E-state index in [9.17, 15) is 4.79 Å². The van der Waals surface area contributed by atoms with E-state index in [-0.39, 0.29) is 5.91 Å². The molecule has 1 aliphatic heterocycles. The molecule has 4 rings (SSSR count). The van der Waals surface area contributed by atoms with E-state index >= 15 is 0 Å². The van der Waals surface area contributed by atoms with E-state index in [1.54, 1.807) is 25.3 Å². The van der Waals surface area contributed by atoms with Crippen molar-refractivity contribution < 1.29 is 9.32 Å². The van der Waals surface area contributed by atoms with E-state index in [0.29, 0.717) is 17.1 Å². The van der Waals surface area contributed by atoms with E-state index in [1.165, 1.54) is 0 Å². The van der Waals surface area contributed by atoms with E-state index < -0.39 is 0 Å². The Bertz CT molecular complexity index is 901. The predicted octanol–water partition coefficient (Wildman–Crippen LogP) is 2.35. The van der Waals surface area contributed by atoms with Gasteiger partial charge in [-0.15, -0.1) is 0 Å². The fourth-order valence-corrected chi connectivity index (χ4v) is 3.03. The third kappa shape index (κ3) is 3.89. The van der Waals surface area contributed by atoms with Gasteiger partial charge in [-0.25, -0.2) is 9.97 Å². The standard InChI is InChI=1S/C19H20N6O2/c1-14-12-16(23-27-14)22-19(26)15-5-6-18(21-13-15)25-10-8-24(9-11-25)17-4-2-3-7-20-17/h2-7,12-13H,8-11H2,1H3,(H,22,23,26). The van der Waals surface area contributed by atoms with Crippen LogP contribution in [0.2, 0.25) is 0 Å². The number of nitrogens with zero attached hydrogens (tertiary/aromatic N) is 5. The summed E-state index contributed by atoms with van der Waals surface area (Å²) in [6.45, 7) is 5.24. The lowest BCUT2D eigenvalue weighted by Crippen LogP contribution is -2.47. The Kier molecular flexibility index (Phi) is 4.69. The molecule has 0 aromatic carbocycles. The molecule has 8 heteroatoms. The number of hydrogen-bond acceptors (Lipinski definition) is 7. The number of aryl methyl sites for hydroxylation is 1. The second-order valence-corrected chi connectivity index (χ2v) is 6.34. The fourth-order valence-electron chi connectivity index (χ4n) is 3.03. The number of piperazine rings is 1. The van der Waals surface area contributed by atoms with Gasteiger partial charge >= 0.3 is 0 Å². The zero-order valence-corrected chi connectivity index (χ0v) is 15.0. The van der Waals surface area contributed by atoms with Gasteiger partial charge in [0.15, 0.2) is 5.82 Å². The minimum atomic E-state index is -0.262. The van der Waals surface area contributed by atoms with Crippen LogP contribution in [-0.4, -0.2) is 47.2 Å². The van der Waals surface area contributed by atoms with Crippen molar-refractivity contribution >= 4 is 23.4 Å². The van der Waals surface area contributed by atoms with Gasteiger partial charge in [0.2, 0.25) is 0 Å². The van der Waals surface area contributed by atoms with Gasteiger partial charge in [-0.1, -0.05) is 11.2 Å². The summed E-state index contributed by atoms with van der Waals surface area (Å²) in [5.41, 5.74) is 0.478. The molecular formula is C19H20N6O2. The zero-order valence-electron chi connectivity index (χ0n) is 15.0. The van der Waals surface area contributed by atoms with Crippen LogP contribution in [0.3, 0.4) is 0 Å². The monoisotopic (exact) mass is 364 g/mol. The van der Waals surface area contributed by atoms with Crippen LogP contribution in [-0.2, 0) is 0 Å². The van der Waals surface area contributed by atoms with Gasteiger partial charge in [0.25, 0.3) is 5.91 Å². The van der Waals surface area contributed by atoms with E-state index in [2.05, 4.69) is 30.2 Å². The van der Waals surface area contributed by atoms with Crippen molar-refractivity contribution in [3.63, 3.8) is 0 Å². The molecule has 1 saturated heterocycles. The quantitative estimate of drug-likeness (QED) is 0.760. The molecular weight excluding hydrogens is 344 g/mol. The van der Waals surface area contributed by atoms with Gasteiger partial charge in [0, 0.05) is 44.6 Å². The maximum atomic E-state index is 12.3. The molecule has 3 aromatic heterocycles. The van der Waals surface area contributed by atoms with Crippen LogP contribution < -0.4 is 15.1 Å². The average Bonchev–Trinajstić information content (AvgIpc) is 3.13. The van der Waals surface area contributed by atoms with Gasteiger partial charge in [-0.3, -0.25) is 4.79 Å². The van der Waals surface area contributed by atoms with Gasteiger partial charge in [-0.2, -0.15) is 0 Å². The summed E-state index contributed by atoms with van der Waals surface area (Å²) in [6.07, 6.45) is 3.40. The number of carbonyl (C=O) groups excluding carboxylic acids is 1. The van der Waals surface area contributed by atoms with E-state index in [1.807, 2.05) is 30.5 Å². The largest absolute Gasteiger partial charge is 0.360 e. The molecule has 1 fully saturated rings. The third-order valence-electron chi connectivity index (χ3n) is 4.46. The van der Waals surface area contributed by atoms with Crippen LogP contribution in [0, 0.1) is 6.92 Å². The number of pyridine rings is 2. The Hall–Kier alpha value is -3.42. The number of anilines is 3. The highest BCUT2D eigenvalue weighted by atomic mass is 16.5. The van der Waals surface area contributed by atoms with Crippen molar-refractivity contribution in [3.05, 3.63) is 60.1 Å². The first-order chi connectivity index (χ1) is 13.2. The van der Waals surface area contributed by atoms with E-state index in [0.717, 1.165) is 37.8 Å². The highest BCUT2D eigenvalue weighted by molar-refractivity contribution is 6.03. The van der Waals surface area contributed by atoms with Crippen LogP contribution in [0.5, 0.6) is 0 Å². The van der Waals surface area contributed by atoms with Crippen molar-refractivity contribution in [2.24, 2.45) is 0 Å². The van der Waals surface area contributed by atoms with Crippen LogP contribution in [0.15, 0.2) is 53.3 Å². The van der Waals surface area contributed by atoms with Crippen molar-refractivity contribution in [2.45, 2.75) is 6.92 Å². The summed E-state index contributed by atoms with van der Waals surface area (Å²) in [5.74, 6) is 2.64. The molecule has 4 heterocycles. The summed E-state index contributed by atoms with van der Waals surface area (Å²) in [5, 5.41) is 6.45. The molecule has 0 aliphatic carbocycles. The number of aromatic nitrogens is 3. The normalized spacial score (nSPS) is 14.3. The van der Waals surface area contributed by atoms with Gasteiger partial charge < -0.3 is 19.6 Å². The van der Waals surface area contributed by atoms with Crippen LogP contribution >= 0.6 is 0 Å². The molecule has 3 aromatic rings. The van der Waals surface area contributed by atoms with Crippen LogP contribution in [0.1, 0.15) is 16.1 Å². The first-order valence-corrected chi connectivity index (χ1v) is 8.81. The van der Waals surface area contributed by atoms with Crippen LogP contribution in [0.4, 0.5) is 17.5 Å². The zero-order chi connectivity index (χ0) is 18.6. The lowest BCUT2D eigenvalue weighted by molar-refractivity contribution is 0.102. The van der Waals surface area contributed by atoms with Crippen molar-refractivity contribution in [2.75, 3.05) is 41.3 Å². The summed E-state index contributed by atoms with van der Waals surface area (Å²) < 4.78 is 4.94. The number of carbonyl (C=O) groups is 1. The number of nitrogens with one attached hydrogen (secondary N) is 1. The van der Waals surface area contributed by atoms with Crippen molar-refractivity contribution in [1.29, 1.82) is 0 Å². The fraction of sp³-hybridized carbons (Fsp3) is 0.263. The molecule has 0 unspecified atom stereocenters. The first-order valence-electron chi connectivity index (χ1n) is 8.81. The number of amides is 1. The Morgan fingerprint density at radius 1 is 1.04 bits per heavy atom. The molecule has 27 heavy (non-hydrogen) atoms. The van der Waals surface area contributed by atoms with Crippen molar-refractivity contribution in [1.82, 2.24) is 15.1 Å². The Balaban J connectivity index is 1.36. The SMILES string of the molecule is Cc1cc(NC(=O)c2ccc(N3CCN(c4ccccn4)CC3)nc2)no1. The summed E-state index contributed by atoms with van der Waals surface area (Å²) in [4.78, 5) is 25.6. The van der Waals surface area contributed by atoms with Gasteiger partial charge in [0.1, 0.15) is 17.4 Å². The molecule has 0 atom stereocenters. The minimum absolute atomic E-state index is 0.262. The number of hydrogen-bond donors (Lipinski definition) is 1. The Morgan fingerprint density at radius 2 is 1.78 bits per heavy atom. The molecule has 0 spiro atoms. The molecule has 1 aliphatic rings. The predicted molar refractivity (Wildman–Crippen MR) is 102 cm³/mol. The molecule has 1 N–H and O–H groups in total. The molecule has 8 nitrogen and oxygen atoms in total. The average molecular weight is 364 g/mol. The van der Waals surface area contributed by atoms with Crippen molar-refractivity contribution in [3.8, 4) is 0 Å².